The first-order chi connectivity index (χ1) is 8.06. The topological polar surface area (TPSA) is 49.3 Å². The van der Waals surface area contributed by atoms with E-state index in [1.165, 1.54) is 12.8 Å². The molecule has 0 saturated heterocycles. The van der Waals surface area contributed by atoms with Gasteiger partial charge in [-0.1, -0.05) is 42.6 Å². The Kier molecular flexibility index (Phi) is 6.49. The molecule has 1 aliphatic carbocycles. The Bertz CT molecular complexity index is 246. The largest absolute Gasteiger partial charge is 0.396 e. The normalized spacial score (nSPS) is 26.9. The minimum atomic E-state index is -0.112. The molecular weight excluding hydrogens is 282 g/mol. The lowest BCUT2D eigenvalue weighted by Crippen LogP contribution is -2.40. The van der Waals surface area contributed by atoms with Gasteiger partial charge >= 0.3 is 0 Å². The Morgan fingerprint density at radius 2 is 1.94 bits per heavy atom. The van der Waals surface area contributed by atoms with Crippen molar-refractivity contribution in [3.05, 3.63) is 0 Å². The predicted molar refractivity (Wildman–Crippen MR) is 73.1 cm³/mol. The van der Waals surface area contributed by atoms with Gasteiger partial charge < -0.3 is 10.4 Å². The molecule has 1 rings (SSSR count). The summed E-state index contributed by atoms with van der Waals surface area (Å²) in [7, 11) is 0. The summed E-state index contributed by atoms with van der Waals surface area (Å²) in [5, 5.41) is 12.3. The van der Waals surface area contributed by atoms with Crippen LogP contribution in [0.2, 0.25) is 0 Å². The second-order valence-corrected chi connectivity index (χ2v) is 6.36. The van der Waals surface area contributed by atoms with Crippen molar-refractivity contribution in [2.45, 2.75) is 44.4 Å². The number of amides is 1. The highest BCUT2D eigenvalue weighted by molar-refractivity contribution is 9.10. The van der Waals surface area contributed by atoms with Gasteiger partial charge in [-0.25, -0.2) is 0 Å². The number of alkyl halides is 1. The van der Waals surface area contributed by atoms with Crippen molar-refractivity contribution in [1.29, 1.82) is 0 Å². The highest BCUT2D eigenvalue weighted by Crippen LogP contribution is 2.29. The van der Waals surface area contributed by atoms with E-state index in [1.54, 1.807) is 0 Å². The zero-order valence-electron chi connectivity index (χ0n) is 10.8. The van der Waals surface area contributed by atoms with E-state index in [1.807, 2.05) is 13.8 Å². The van der Waals surface area contributed by atoms with Crippen LogP contribution in [-0.2, 0) is 4.79 Å². The molecule has 0 radical (unpaired) electrons. The number of carbonyl (C=O) groups is 1. The van der Waals surface area contributed by atoms with Crippen molar-refractivity contribution in [2.75, 3.05) is 13.2 Å². The maximum atomic E-state index is 11.8. The number of rotatable bonds is 5. The number of hydrogen-bond donors (Lipinski definition) is 2. The Morgan fingerprint density at radius 3 is 2.47 bits per heavy atom. The summed E-state index contributed by atoms with van der Waals surface area (Å²) in [5.74, 6) is 1.19. The highest BCUT2D eigenvalue weighted by atomic mass is 79.9. The first-order valence-corrected chi connectivity index (χ1v) is 7.50. The maximum Gasteiger partial charge on any atom is 0.234 e. The van der Waals surface area contributed by atoms with Crippen molar-refractivity contribution in [1.82, 2.24) is 5.32 Å². The van der Waals surface area contributed by atoms with Crippen LogP contribution in [0.1, 0.15) is 39.5 Å². The van der Waals surface area contributed by atoms with Gasteiger partial charge in [0, 0.05) is 13.2 Å². The molecular formula is C13H24BrNO2. The molecule has 3 unspecified atom stereocenters. The van der Waals surface area contributed by atoms with Gasteiger partial charge in [0.15, 0.2) is 0 Å². The van der Waals surface area contributed by atoms with Gasteiger partial charge in [-0.05, 0) is 30.6 Å². The standard InChI is InChI=1S/C13H24BrNO2/c1-9(2)12(14)13(17)15-7-10-5-3-4-6-11(10)8-16/h9-12,16H,3-8H2,1-2H3,(H,15,17). The average molecular weight is 306 g/mol. The molecule has 0 bridgehead atoms. The van der Waals surface area contributed by atoms with Gasteiger partial charge in [0.25, 0.3) is 0 Å². The van der Waals surface area contributed by atoms with E-state index in [4.69, 9.17) is 0 Å². The summed E-state index contributed by atoms with van der Waals surface area (Å²) in [4.78, 5) is 11.7. The van der Waals surface area contributed by atoms with Crippen LogP contribution < -0.4 is 5.32 Å². The van der Waals surface area contributed by atoms with E-state index in [-0.39, 0.29) is 17.3 Å². The molecule has 3 atom stereocenters. The Labute approximate surface area is 112 Å². The number of halogens is 1. The molecule has 0 aromatic heterocycles. The van der Waals surface area contributed by atoms with Crippen LogP contribution >= 0.6 is 15.9 Å². The lowest BCUT2D eigenvalue weighted by molar-refractivity contribution is -0.121. The van der Waals surface area contributed by atoms with Gasteiger partial charge in [-0.15, -0.1) is 0 Å². The van der Waals surface area contributed by atoms with Gasteiger partial charge in [0.1, 0.15) is 0 Å². The van der Waals surface area contributed by atoms with Crippen LogP contribution in [0.5, 0.6) is 0 Å². The first kappa shape index (κ1) is 15.0. The monoisotopic (exact) mass is 305 g/mol. The number of aliphatic hydroxyl groups excluding tert-OH is 1. The molecule has 0 aromatic rings. The Balaban J connectivity index is 2.35. The fourth-order valence-corrected chi connectivity index (χ4v) is 2.59. The number of aliphatic hydroxyl groups is 1. The third-order valence-corrected chi connectivity index (χ3v) is 5.15. The molecule has 3 nitrogen and oxygen atoms in total. The summed E-state index contributed by atoms with van der Waals surface area (Å²) >= 11 is 3.40. The van der Waals surface area contributed by atoms with Gasteiger partial charge in [-0.2, -0.15) is 0 Å². The van der Waals surface area contributed by atoms with Crippen LogP contribution in [0.15, 0.2) is 0 Å². The summed E-state index contributed by atoms with van der Waals surface area (Å²) in [5.41, 5.74) is 0. The van der Waals surface area contributed by atoms with Crippen molar-refractivity contribution in [3.63, 3.8) is 0 Å². The van der Waals surface area contributed by atoms with E-state index >= 15 is 0 Å². The minimum Gasteiger partial charge on any atom is -0.396 e. The van der Waals surface area contributed by atoms with Crippen molar-refractivity contribution in [2.24, 2.45) is 17.8 Å². The quantitative estimate of drug-likeness (QED) is 0.766. The van der Waals surface area contributed by atoms with E-state index in [2.05, 4.69) is 21.2 Å². The molecule has 17 heavy (non-hydrogen) atoms. The highest BCUT2D eigenvalue weighted by Gasteiger charge is 2.26. The SMILES string of the molecule is CC(C)C(Br)C(=O)NCC1CCCCC1CO. The van der Waals surface area contributed by atoms with Crippen LogP contribution in [0.25, 0.3) is 0 Å². The summed E-state index contributed by atoms with van der Waals surface area (Å²) in [6.07, 6.45) is 4.65. The number of nitrogens with one attached hydrogen (secondary N) is 1. The maximum absolute atomic E-state index is 11.8. The van der Waals surface area contributed by atoms with E-state index in [9.17, 15) is 9.90 Å². The van der Waals surface area contributed by atoms with Gasteiger partial charge in [-0.3, -0.25) is 4.79 Å². The smallest absolute Gasteiger partial charge is 0.234 e. The molecule has 2 N–H and O–H groups in total. The van der Waals surface area contributed by atoms with Crippen LogP contribution in [-0.4, -0.2) is 29.0 Å². The number of hydrogen-bond acceptors (Lipinski definition) is 2. The minimum absolute atomic E-state index is 0.0715. The zero-order valence-corrected chi connectivity index (χ0v) is 12.4. The van der Waals surface area contributed by atoms with Crippen LogP contribution in [0.3, 0.4) is 0 Å². The van der Waals surface area contributed by atoms with Crippen molar-refractivity contribution >= 4 is 21.8 Å². The second-order valence-electron chi connectivity index (χ2n) is 5.38. The molecule has 1 amide bonds. The third-order valence-electron chi connectivity index (χ3n) is 3.68. The second kappa shape index (κ2) is 7.37. The lowest BCUT2D eigenvalue weighted by Gasteiger charge is -2.30. The predicted octanol–water partition coefficient (Wildman–Crippen LogP) is 2.32. The Morgan fingerprint density at radius 1 is 1.35 bits per heavy atom. The van der Waals surface area contributed by atoms with Crippen LogP contribution in [0.4, 0.5) is 0 Å². The molecule has 1 fully saturated rings. The molecule has 0 spiro atoms. The number of carbonyl (C=O) groups excluding carboxylic acids is 1. The molecule has 0 heterocycles. The average Bonchev–Trinajstić information content (AvgIpc) is 2.35. The third kappa shape index (κ3) is 4.59. The van der Waals surface area contributed by atoms with Crippen molar-refractivity contribution in [3.8, 4) is 0 Å². The molecule has 1 saturated carbocycles. The summed E-state index contributed by atoms with van der Waals surface area (Å²) in [6, 6.07) is 0. The zero-order chi connectivity index (χ0) is 12.8. The van der Waals surface area contributed by atoms with E-state index in [0.29, 0.717) is 24.3 Å². The lowest BCUT2D eigenvalue weighted by atomic mass is 9.79. The fraction of sp³-hybridized carbons (Fsp3) is 0.923. The van der Waals surface area contributed by atoms with Gasteiger partial charge in [0.05, 0.1) is 4.83 Å². The summed E-state index contributed by atoms with van der Waals surface area (Å²) < 4.78 is 0. The molecule has 100 valence electrons. The molecule has 0 aromatic carbocycles. The Hall–Kier alpha value is -0.0900. The van der Waals surface area contributed by atoms with E-state index < -0.39 is 0 Å². The molecule has 1 aliphatic rings. The molecule has 0 aliphatic heterocycles. The molecule has 4 heteroatoms. The summed E-state index contributed by atoms with van der Waals surface area (Å²) in [6.45, 7) is 5.01. The van der Waals surface area contributed by atoms with Crippen LogP contribution in [0, 0.1) is 17.8 Å². The van der Waals surface area contributed by atoms with Crippen molar-refractivity contribution < 1.29 is 9.90 Å². The van der Waals surface area contributed by atoms with E-state index in [0.717, 1.165) is 12.8 Å². The first-order valence-electron chi connectivity index (χ1n) is 6.59. The van der Waals surface area contributed by atoms with Gasteiger partial charge in [0.2, 0.25) is 5.91 Å². The fourth-order valence-electron chi connectivity index (χ4n) is 2.43.